The molecule has 6 heteroatoms. The number of ether oxygens (including phenoxy) is 1. The minimum Gasteiger partial charge on any atom is -0.509 e. The van der Waals surface area contributed by atoms with E-state index in [0.717, 1.165) is 39.7 Å². The largest absolute Gasteiger partial charge is 0.509 e. The molecule has 0 aliphatic carbocycles. The summed E-state index contributed by atoms with van der Waals surface area (Å²) in [5, 5.41) is 0. The Hall–Kier alpha value is -4.08. The number of hydrogen-bond acceptors (Lipinski definition) is 5. The number of para-hydroxylation sites is 1. The van der Waals surface area contributed by atoms with Crippen LogP contribution in [0, 0.1) is 32.6 Å². The molecule has 0 atom stereocenters. The first kappa shape index (κ1) is 30.4. The number of rotatable bonds is 6. The first-order valence-electron chi connectivity index (χ1n) is 14.2. The summed E-state index contributed by atoms with van der Waals surface area (Å²) in [5.41, 5.74) is 8.48. The fourth-order valence-electron chi connectivity index (χ4n) is 5.11. The van der Waals surface area contributed by atoms with Crippen molar-refractivity contribution in [3.05, 3.63) is 133 Å². The monoisotopic (exact) mass is 746 g/mol. The van der Waals surface area contributed by atoms with E-state index in [4.69, 9.17) is 4.74 Å². The van der Waals surface area contributed by atoms with Crippen molar-refractivity contribution < 1.29 is 25.8 Å². The van der Waals surface area contributed by atoms with Gasteiger partial charge in [-0.3, -0.25) is 0 Å². The number of aromatic nitrogens is 1. The summed E-state index contributed by atoms with van der Waals surface area (Å²) in [6.07, 6.45) is 1.84. The summed E-state index contributed by atoms with van der Waals surface area (Å²) >= 11 is 0. The Morgan fingerprint density at radius 1 is 0.791 bits per heavy atom. The van der Waals surface area contributed by atoms with Gasteiger partial charge in [-0.05, 0) is 73.8 Å². The molecule has 6 rings (SSSR count). The second-order valence-electron chi connectivity index (χ2n) is 11.8. The molecule has 5 aromatic rings. The van der Waals surface area contributed by atoms with Crippen molar-refractivity contribution in [2.45, 2.75) is 40.0 Å². The molecular formula is C37H35N4OPt-3. The molecule has 5 nitrogen and oxygen atoms in total. The molecule has 0 fully saturated rings. The Kier molecular flexibility index (Phi) is 8.66. The molecule has 2 heterocycles. The van der Waals surface area contributed by atoms with Crippen molar-refractivity contribution in [3.63, 3.8) is 0 Å². The van der Waals surface area contributed by atoms with E-state index in [1.54, 1.807) is 0 Å². The number of benzene rings is 4. The van der Waals surface area contributed by atoms with Crippen LogP contribution in [0.15, 0.2) is 97.2 Å². The van der Waals surface area contributed by atoms with Crippen molar-refractivity contribution in [1.29, 1.82) is 0 Å². The first-order valence-corrected chi connectivity index (χ1v) is 14.2. The maximum atomic E-state index is 6.52. The predicted octanol–water partition coefficient (Wildman–Crippen LogP) is 9.56. The van der Waals surface area contributed by atoms with Gasteiger partial charge in [0.2, 0.25) is 0 Å². The molecule has 1 aromatic heterocycles. The summed E-state index contributed by atoms with van der Waals surface area (Å²) < 4.78 is 6.52. The van der Waals surface area contributed by atoms with Gasteiger partial charge in [0.05, 0.1) is 0 Å². The third-order valence-corrected chi connectivity index (χ3v) is 7.37. The zero-order valence-corrected chi connectivity index (χ0v) is 27.6. The third kappa shape index (κ3) is 6.48. The van der Waals surface area contributed by atoms with Gasteiger partial charge in [-0.2, -0.15) is 12.7 Å². The van der Waals surface area contributed by atoms with E-state index >= 15 is 0 Å². The van der Waals surface area contributed by atoms with Gasteiger partial charge >= 0.3 is 0 Å². The summed E-state index contributed by atoms with van der Waals surface area (Å²) in [6.45, 7) is 12.9. The number of fused-ring (bicyclic) bond motifs is 1. The number of pyridine rings is 1. The molecule has 222 valence electrons. The Morgan fingerprint density at radius 2 is 1.56 bits per heavy atom. The van der Waals surface area contributed by atoms with Crippen molar-refractivity contribution in [3.8, 4) is 11.5 Å². The van der Waals surface area contributed by atoms with Gasteiger partial charge < -0.3 is 19.4 Å². The molecule has 4 aromatic carbocycles. The zero-order chi connectivity index (χ0) is 29.4. The van der Waals surface area contributed by atoms with Gasteiger partial charge in [0.15, 0.2) is 0 Å². The normalized spacial score (nSPS) is 12.5. The summed E-state index contributed by atoms with van der Waals surface area (Å²) in [6, 6.07) is 38.1. The van der Waals surface area contributed by atoms with Crippen molar-refractivity contribution >= 4 is 34.3 Å². The average molecular weight is 747 g/mol. The molecule has 0 amide bonds. The van der Waals surface area contributed by atoms with Crippen LogP contribution in [0.4, 0.5) is 34.3 Å². The molecule has 0 unspecified atom stereocenters. The molecule has 0 saturated carbocycles. The van der Waals surface area contributed by atoms with Gasteiger partial charge in [-0.25, -0.2) is 4.98 Å². The minimum absolute atomic E-state index is 0. The summed E-state index contributed by atoms with van der Waals surface area (Å²) in [7, 11) is 2.07. The quantitative estimate of drug-likeness (QED) is 0.162. The summed E-state index contributed by atoms with van der Waals surface area (Å²) in [4.78, 5) is 11.1. The van der Waals surface area contributed by atoms with Gasteiger partial charge in [0.25, 0.3) is 0 Å². The van der Waals surface area contributed by atoms with Crippen molar-refractivity contribution in [1.82, 2.24) is 4.98 Å². The van der Waals surface area contributed by atoms with Crippen molar-refractivity contribution in [2.24, 2.45) is 0 Å². The SMILES string of the molecule is Cc1ccnc(N(c2[c-]c(Oc3[c-]c(N4[CH-]N(C)c5cc(C)ccc54)cc(C(C)(C)C)c3)ccc2)c2ccccc2)c1.[Pt]. The van der Waals surface area contributed by atoms with E-state index in [0.29, 0.717) is 11.5 Å². The van der Waals surface area contributed by atoms with E-state index in [2.05, 4.69) is 129 Å². The molecule has 0 saturated heterocycles. The fraction of sp³-hybridized carbons (Fsp3) is 0.189. The standard InChI is InChI=1S/C37H35N4O.Pt/c1-26-15-16-34-35(19-26)39(6)25-40(34)31-21-28(37(3,4)5)22-33(24-31)42-32-14-10-13-30(23-32)41(29-11-8-7-9-12-29)36-20-27(2)17-18-38-36;/h7-22,25H,1-6H3;/q-3;. The Morgan fingerprint density at radius 3 is 2.30 bits per heavy atom. The second-order valence-corrected chi connectivity index (χ2v) is 11.8. The molecule has 43 heavy (non-hydrogen) atoms. The third-order valence-electron chi connectivity index (χ3n) is 7.37. The predicted molar refractivity (Wildman–Crippen MR) is 173 cm³/mol. The maximum Gasteiger partial charge on any atom is 0.135 e. The molecule has 1 aliphatic heterocycles. The molecule has 0 bridgehead atoms. The number of aryl methyl sites for hydroxylation is 2. The Bertz CT molecular complexity index is 1730. The maximum absolute atomic E-state index is 6.52. The van der Waals surface area contributed by atoms with Gasteiger partial charge in [0.1, 0.15) is 5.82 Å². The average Bonchev–Trinajstić information content (AvgIpc) is 3.29. The Labute approximate surface area is 270 Å². The van der Waals surface area contributed by atoms with Crippen LogP contribution in [-0.2, 0) is 26.5 Å². The van der Waals surface area contributed by atoms with Crippen LogP contribution in [0.5, 0.6) is 11.5 Å². The smallest absolute Gasteiger partial charge is 0.135 e. The summed E-state index contributed by atoms with van der Waals surface area (Å²) in [5.74, 6) is 2.07. The van der Waals surface area contributed by atoms with E-state index in [1.165, 1.54) is 11.3 Å². The van der Waals surface area contributed by atoms with Crippen LogP contribution < -0.4 is 19.4 Å². The van der Waals surface area contributed by atoms with Crippen LogP contribution >= 0.6 is 0 Å². The van der Waals surface area contributed by atoms with Crippen LogP contribution in [0.1, 0.15) is 37.5 Å². The minimum atomic E-state index is -0.0871. The van der Waals surface area contributed by atoms with Crippen LogP contribution in [-0.4, -0.2) is 12.0 Å². The van der Waals surface area contributed by atoms with E-state index in [9.17, 15) is 0 Å². The van der Waals surface area contributed by atoms with Crippen molar-refractivity contribution in [2.75, 3.05) is 21.7 Å². The Balaban J connectivity index is 0.00000368. The van der Waals surface area contributed by atoms with E-state index in [-0.39, 0.29) is 26.5 Å². The van der Waals surface area contributed by atoms with Crippen LogP contribution in [0.3, 0.4) is 0 Å². The van der Waals surface area contributed by atoms with Crippen LogP contribution in [0.2, 0.25) is 0 Å². The number of anilines is 6. The van der Waals surface area contributed by atoms with E-state index < -0.39 is 0 Å². The molecule has 0 spiro atoms. The van der Waals surface area contributed by atoms with E-state index in [1.807, 2.05) is 48.7 Å². The number of nitrogens with zero attached hydrogens (tertiary/aromatic N) is 4. The second kappa shape index (κ2) is 12.3. The topological polar surface area (TPSA) is 31.8 Å². The zero-order valence-electron chi connectivity index (χ0n) is 25.3. The van der Waals surface area contributed by atoms with Crippen LogP contribution in [0.25, 0.3) is 0 Å². The first-order chi connectivity index (χ1) is 20.2. The molecular weight excluding hydrogens is 712 g/mol. The van der Waals surface area contributed by atoms with Gasteiger partial charge in [0, 0.05) is 55.8 Å². The number of hydrogen-bond donors (Lipinski definition) is 0. The molecule has 0 N–H and O–H groups in total. The molecule has 0 radical (unpaired) electrons. The fourth-order valence-corrected chi connectivity index (χ4v) is 5.11. The van der Waals surface area contributed by atoms with Gasteiger partial charge in [-0.15, -0.1) is 47.6 Å². The van der Waals surface area contributed by atoms with Gasteiger partial charge in [-0.1, -0.05) is 50.7 Å². The molecule has 1 aliphatic rings.